The van der Waals surface area contributed by atoms with Crippen molar-refractivity contribution in [1.82, 2.24) is 10.3 Å². The molecular formula is C40H36N2O4S2. The van der Waals surface area contributed by atoms with E-state index < -0.39 is 6.29 Å². The molecule has 4 unspecified atom stereocenters. The second kappa shape index (κ2) is 14.8. The van der Waals surface area contributed by atoms with Gasteiger partial charge in [-0.25, -0.2) is 4.98 Å². The molecule has 1 amide bonds. The van der Waals surface area contributed by atoms with Gasteiger partial charge in [-0.15, -0.1) is 11.3 Å². The summed E-state index contributed by atoms with van der Waals surface area (Å²) in [6, 6.07) is 42.0. The van der Waals surface area contributed by atoms with E-state index in [-0.39, 0.29) is 30.6 Å². The third kappa shape index (κ3) is 7.38. The van der Waals surface area contributed by atoms with Crippen molar-refractivity contribution in [3.05, 3.63) is 155 Å². The van der Waals surface area contributed by atoms with Crippen molar-refractivity contribution in [2.24, 2.45) is 5.92 Å². The van der Waals surface area contributed by atoms with E-state index in [0.717, 1.165) is 49.0 Å². The van der Waals surface area contributed by atoms with Gasteiger partial charge in [-0.3, -0.25) is 4.79 Å². The number of rotatable bonds is 10. The highest BCUT2D eigenvalue weighted by Crippen LogP contribution is 2.44. The molecule has 0 aliphatic carbocycles. The second-order valence-electron chi connectivity index (χ2n) is 12.0. The van der Waals surface area contributed by atoms with Gasteiger partial charge in [-0.2, -0.15) is 0 Å². The van der Waals surface area contributed by atoms with Crippen LogP contribution in [0.4, 0.5) is 0 Å². The Morgan fingerprint density at radius 3 is 2.35 bits per heavy atom. The third-order valence-electron chi connectivity index (χ3n) is 8.68. The van der Waals surface area contributed by atoms with Crippen LogP contribution in [0, 0.1) is 5.92 Å². The summed E-state index contributed by atoms with van der Waals surface area (Å²) < 4.78 is 15.7. The van der Waals surface area contributed by atoms with E-state index in [9.17, 15) is 9.90 Å². The van der Waals surface area contributed by atoms with Gasteiger partial charge in [0.15, 0.2) is 10.6 Å². The number of thiazole rings is 1. The van der Waals surface area contributed by atoms with Crippen molar-refractivity contribution in [2.45, 2.75) is 42.9 Å². The van der Waals surface area contributed by atoms with Gasteiger partial charge in [0, 0.05) is 29.3 Å². The number of aliphatic hydroxyl groups is 1. The van der Waals surface area contributed by atoms with Gasteiger partial charge in [-0.05, 0) is 64.2 Å². The minimum absolute atomic E-state index is 0.00190. The molecule has 5 aromatic carbocycles. The van der Waals surface area contributed by atoms with Crippen molar-refractivity contribution >= 4 is 39.2 Å². The summed E-state index contributed by atoms with van der Waals surface area (Å²) in [4.78, 5) is 17.5. The molecule has 0 saturated carbocycles. The monoisotopic (exact) mass is 672 g/mol. The van der Waals surface area contributed by atoms with E-state index >= 15 is 0 Å². The molecule has 0 radical (unpaired) electrons. The van der Waals surface area contributed by atoms with Crippen molar-refractivity contribution in [3.8, 4) is 11.1 Å². The first-order valence-electron chi connectivity index (χ1n) is 16.1. The Balaban J connectivity index is 1.11. The average molecular weight is 673 g/mol. The molecule has 8 heteroatoms. The molecule has 7 rings (SSSR count). The molecule has 1 aliphatic rings. The predicted molar refractivity (Wildman–Crippen MR) is 193 cm³/mol. The van der Waals surface area contributed by atoms with E-state index in [4.69, 9.17) is 14.5 Å². The summed E-state index contributed by atoms with van der Waals surface area (Å²) in [5.41, 5.74) is 7.63. The number of fused-ring (bicyclic) bond motifs is 1. The van der Waals surface area contributed by atoms with Crippen LogP contribution in [-0.4, -0.2) is 27.9 Å². The lowest BCUT2D eigenvalue weighted by molar-refractivity contribution is -0.268. The maximum absolute atomic E-state index is 12.6. The first-order valence-corrected chi connectivity index (χ1v) is 17.9. The normalized spacial score (nSPS) is 19.3. The summed E-state index contributed by atoms with van der Waals surface area (Å²) in [7, 11) is 0. The largest absolute Gasteiger partial charge is 0.392 e. The smallest absolute Gasteiger partial charge is 0.251 e. The van der Waals surface area contributed by atoms with Crippen LogP contribution in [0.5, 0.6) is 0 Å². The SMILES string of the molecule is CC1C(CSc2nc3ccccc3s2)OC(c2cccc(-c3cccc(CNC(=O)c4ccccc4)c3)c2)OC1c1ccc(CO)cc1. The number of thioether (sulfide) groups is 1. The Morgan fingerprint density at radius 2 is 1.56 bits per heavy atom. The van der Waals surface area contributed by atoms with Crippen LogP contribution >= 0.6 is 23.1 Å². The van der Waals surface area contributed by atoms with E-state index in [2.05, 4.69) is 54.7 Å². The Kier molecular flexibility index (Phi) is 9.98. The fourth-order valence-corrected chi connectivity index (χ4v) is 8.23. The lowest BCUT2D eigenvalue weighted by Gasteiger charge is -2.41. The molecule has 6 aromatic rings. The van der Waals surface area contributed by atoms with Gasteiger partial charge >= 0.3 is 0 Å². The maximum atomic E-state index is 12.6. The number of aliphatic hydroxyl groups excluding tert-OH is 1. The molecule has 2 heterocycles. The predicted octanol–water partition coefficient (Wildman–Crippen LogP) is 8.97. The van der Waals surface area contributed by atoms with Crippen LogP contribution in [0.3, 0.4) is 0 Å². The fourth-order valence-electron chi connectivity index (χ4n) is 5.98. The maximum Gasteiger partial charge on any atom is 0.251 e. The third-order valence-corrected chi connectivity index (χ3v) is 10.9. The number of nitrogens with one attached hydrogen (secondary N) is 1. The van der Waals surface area contributed by atoms with Crippen LogP contribution in [0.2, 0.25) is 0 Å². The zero-order valence-electron chi connectivity index (χ0n) is 26.5. The van der Waals surface area contributed by atoms with Crippen LogP contribution in [0.25, 0.3) is 21.3 Å². The lowest BCUT2D eigenvalue weighted by atomic mass is 9.91. The topological polar surface area (TPSA) is 80.7 Å². The number of carbonyl (C=O) groups excluding carboxylic acids is 1. The van der Waals surface area contributed by atoms with Crippen molar-refractivity contribution in [2.75, 3.05) is 5.75 Å². The Hall–Kier alpha value is -4.31. The van der Waals surface area contributed by atoms with Gasteiger partial charge in [0.05, 0.1) is 29.0 Å². The highest BCUT2D eigenvalue weighted by molar-refractivity contribution is 8.01. The zero-order chi connectivity index (χ0) is 32.9. The lowest BCUT2D eigenvalue weighted by Crippen LogP contribution is -2.38. The Morgan fingerprint density at radius 1 is 0.812 bits per heavy atom. The van der Waals surface area contributed by atoms with Crippen LogP contribution in [0.15, 0.2) is 132 Å². The molecular weight excluding hydrogens is 637 g/mol. The molecule has 6 nitrogen and oxygen atoms in total. The van der Waals surface area contributed by atoms with Crippen LogP contribution in [-0.2, 0) is 22.6 Å². The van der Waals surface area contributed by atoms with Crippen molar-refractivity contribution in [3.63, 3.8) is 0 Å². The number of nitrogens with zero attached hydrogens (tertiary/aromatic N) is 1. The number of amides is 1. The Bertz CT molecular complexity index is 1960. The molecule has 2 N–H and O–H groups in total. The molecule has 1 aliphatic heterocycles. The summed E-state index contributed by atoms with van der Waals surface area (Å²) in [6.45, 7) is 2.61. The van der Waals surface area contributed by atoms with E-state index in [1.807, 2.05) is 84.9 Å². The number of ether oxygens (including phenoxy) is 2. The number of carbonyl (C=O) groups is 1. The van der Waals surface area contributed by atoms with Crippen molar-refractivity contribution < 1.29 is 19.4 Å². The molecule has 4 atom stereocenters. The van der Waals surface area contributed by atoms with E-state index in [0.29, 0.717) is 12.1 Å². The van der Waals surface area contributed by atoms with Gasteiger partial charge in [-0.1, -0.05) is 110 Å². The van der Waals surface area contributed by atoms with E-state index in [1.54, 1.807) is 23.1 Å². The summed E-state index contributed by atoms with van der Waals surface area (Å²) >= 11 is 3.44. The first kappa shape index (κ1) is 32.2. The minimum atomic E-state index is -0.571. The molecule has 1 fully saturated rings. The standard InChI is InChI=1S/C40H36N2O4S2/c1-26-35(25-47-40-42-34-15-5-6-16-36(34)48-40)45-39(46-37(26)29-19-17-27(24-43)18-20-29)33-14-8-13-32(22-33)31-12-7-9-28(21-31)23-41-38(44)30-10-3-2-4-11-30/h2-22,26,35,37,39,43H,23-25H2,1H3,(H,41,44). The summed E-state index contributed by atoms with van der Waals surface area (Å²) in [5, 5.41) is 12.6. The number of hydrogen-bond donors (Lipinski definition) is 2. The summed E-state index contributed by atoms with van der Waals surface area (Å²) in [5.74, 6) is 0.719. The second-order valence-corrected chi connectivity index (χ2v) is 14.3. The highest BCUT2D eigenvalue weighted by atomic mass is 32.2. The summed E-state index contributed by atoms with van der Waals surface area (Å²) in [6.07, 6.45) is -0.862. The van der Waals surface area contributed by atoms with Gasteiger partial charge in [0.1, 0.15) is 0 Å². The average Bonchev–Trinajstić information content (AvgIpc) is 3.57. The van der Waals surface area contributed by atoms with Gasteiger partial charge < -0.3 is 19.9 Å². The van der Waals surface area contributed by atoms with E-state index in [1.165, 1.54) is 4.70 Å². The van der Waals surface area contributed by atoms with Gasteiger partial charge in [0.25, 0.3) is 5.91 Å². The molecule has 242 valence electrons. The molecule has 0 spiro atoms. The molecule has 48 heavy (non-hydrogen) atoms. The van der Waals surface area contributed by atoms with Crippen LogP contribution in [0.1, 0.15) is 51.9 Å². The highest BCUT2D eigenvalue weighted by Gasteiger charge is 2.38. The quantitative estimate of drug-likeness (QED) is 0.142. The number of aromatic nitrogens is 1. The first-order chi connectivity index (χ1) is 23.5. The molecule has 1 aromatic heterocycles. The van der Waals surface area contributed by atoms with Crippen molar-refractivity contribution in [1.29, 1.82) is 0 Å². The molecule has 1 saturated heterocycles. The van der Waals surface area contributed by atoms with Crippen LogP contribution < -0.4 is 5.32 Å². The minimum Gasteiger partial charge on any atom is -0.392 e. The van der Waals surface area contributed by atoms with Gasteiger partial charge in [0.2, 0.25) is 0 Å². The number of para-hydroxylation sites is 1. The zero-order valence-corrected chi connectivity index (χ0v) is 28.1. The Labute approximate surface area is 288 Å². The number of benzene rings is 5. The fraction of sp³-hybridized carbons (Fsp3) is 0.200. The number of hydrogen-bond acceptors (Lipinski definition) is 7. The molecule has 0 bridgehead atoms.